The SMILES string of the molecule is C=N/C(=C(\SCC1=CCCC=C1)C(=O)NN1CCOCC1)c1ccccc1. The molecular formula is C21H25N3O2S. The molecule has 0 unspecified atom stereocenters. The van der Waals surface area contributed by atoms with Crippen LogP contribution in [0.5, 0.6) is 0 Å². The number of nitrogens with one attached hydrogen (secondary N) is 1. The van der Waals surface area contributed by atoms with Gasteiger partial charge in [-0.2, -0.15) is 0 Å². The molecule has 1 N–H and O–H groups in total. The highest BCUT2D eigenvalue weighted by molar-refractivity contribution is 8.04. The second-order valence-electron chi connectivity index (χ2n) is 6.29. The molecule has 27 heavy (non-hydrogen) atoms. The van der Waals surface area contributed by atoms with Gasteiger partial charge in [-0.05, 0) is 25.1 Å². The lowest BCUT2D eigenvalue weighted by molar-refractivity contribution is -0.123. The summed E-state index contributed by atoms with van der Waals surface area (Å²) in [5.74, 6) is 0.586. The minimum absolute atomic E-state index is 0.145. The summed E-state index contributed by atoms with van der Waals surface area (Å²) in [6.07, 6.45) is 8.68. The fourth-order valence-electron chi connectivity index (χ4n) is 2.93. The van der Waals surface area contributed by atoms with E-state index >= 15 is 0 Å². The number of hydrogen-bond acceptors (Lipinski definition) is 5. The molecule has 0 bridgehead atoms. The number of allylic oxidation sites excluding steroid dienone is 3. The monoisotopic (exact) mass is 383 g/mol. The molecular weight excluding hydrogens is 358 g/mol. The predicted octanol–water partition coefficient (Wildman–Crippen LogP) is 3.43. The quantitative estimate of drug-likeness (QED) is 0.579. The van der Waals surface area contributed by atoms with Crippen molar-refractivity contribution < 1.29 is 9.53 Å². The Bertz CT molecular complexity index is 750. The number of ether oxygens (including phenoxy) is 1. The second kappa shape index (κ2) is 10.3. The molecule has 1 aromatic carbocycles. The van der Waals surface area contributed by atoms with Gasteiger partial charge in [-0.3, -0.25) is 15.2 Å². The number of hydrogen-bond donors (Lipinski definition) is 1. The Labute approximate surface area is 164 Å². The Morgan fingerprint density at radius 1 is 1.22 bits per heavy atom. The average Bonchev–Trinajstić information content (AvgIpc) is 2.73. The fraction of sp³-hybridized carbons (Fsp3) is 0.333. The molecule has 0 spiro atoms. The lowest BCUT2D eigenvalue weighted by Crippen LogP contribution is -2.48. The van der Waals surface area contributed by atoms with E-state index < -0.39 is 0 Å². The molecule has 6 heteroatoms. The third-order valence-corrected chi connectivity index (χ3v) is 5.50. The maximum atomic E-state index is 13.1. The number of benzene rings is 1. The molecule has 1 saturated heterocycles. The largest absolute Gasteiger partial charge is 0.379 e. The molecule has 0 radical (unpaired) electrons. The molecule has 1 aliphatic heterocycles. The zero-order valence-electron chi connectivity index (χ0n) is 15.4. The predicted molar refractivity (Wildman–Crippen MR) is 112 cm³/mol. The summed E-state index contributed by atoms with van der Waals surface area (Å²) < 4.78 is 5.35. The highest BCUT2D eigenvalue weighted by Gasteiger charge is 2.21. The average molecular weight is 384 g/mol. The summed E-state index contributed by atoms with van der Waals surface area (Å²) in [7, 11) is 0. The Balaban J connectivity index is 1.83. The molecule has 3 rings (SSSR count). The van der Waals surface area contributed by atoms with Crippen LogP contribution in [0.2, 0.25) is 0 Å². The highest BCUT2D eigenvalue weighted by atomic mass is 32.2. The van der Waals surface area contributed by atoms with Crippen LogP contribution in [-0.2, 0) is 9.53 Å². The smallest absolute Gasteiger partial charge is 0.274 e. The summed E-state index contributed by atoms with van der Waals surface area (Å²) in [4.78, 5) is 17.8. The van der Waals surface area contributed by atoms with Crippen molar-refractivity contribution in [3.8, 4) is 0 Å². The minimum Gasteiger partial charge on any atom is -0.379 e. The lowest BCUT2D eigenvalue weighted by atomic mass is 10.1. The third kappa shape index (κ3) is 5.66. The molecule has 1 amide bonds. The van der Waals surface area contributed by atoms with E-state index in [2.05, 4.69) is 35.4 Å². The number of hydrazine groups is 1. The Morgan fingerprint density at radius 2 is 2.00 bits per heavy atom. The van der Waals surface area contributed by atoms with E-state index in [9.17, 15) is 4.79 Å². The van der Waals surface area contributed by atoms with E-state index in [4.69, 9.17) is 4.74 Å². The van der Waals surface area contributed by atoms with Crippen LogP contribution in [0.15, 0.2) is 64.0 Å². The summed E-state index contributed by atoms with van der Waals surface area (Å²) in [6.45, 7) is 6.32. The number of nitrogens with zero attached hydrogens (tertiary/aromatic N) is 2. The first-order valence-electron chi connectivity index (χ1n) is 9.16. The first-order chi connectivity index (χ1) is 13.3. The van der Waals surface area contributed by atoms with E-state index in [0.717, 1.165) is 24.2 Å². The van der Waals surface area contributed by atoms with Crippen molar-refractivity contribution in [2.75, 3.05) is 32.1 Å². The second-order valence-corrected chi connectivity index (χ2v) is 7.28. The van der Waals surface area contributed by atoms with Crippen LogP contribution < -0.4 is 5.43 Å². The first kappa shape index (κ1) is 19.6. The van der Waals surface area contributed by atoms with Crippen molar-refractivity contribution in [2.24, 2.45) is 4.99 Å². The van der Waals surface area contributed by atoms with Crippen molar-refractivity contribution >= 4 is 30.1 Å². The number of thioether (sulfide) groups is 1. The third-order valence-electron chi connectivity index (χ3n) is 4.35. The van der Waals surface area contributed by atoms with Crippen LogP contribution >= 0.6 is 11.8 Å². The normalized spacial score (nSPS) is 18.4. The zero-order valence-corrected chi connectivity index (χ0v) is 16.2. The standard InChI is InChI=1S/C21H25N3O2S/c1-22-19(18-10-6-3-7-11-18)20(27-16-17-8-4-2-5-9-17)21(25)23-24-12-14-26-15-13-24/h3-4,6-11H,1-2,5,12-16H2,(H,23,25)/b20-19-. The first-order valence-corrected chi connectivity index (χ1v) is 10.1. The van der Waals surface area contributed by atoms with Crippen molar-refractivity contribution in [1.82, 2.24) is 10.4 Å². The van der Waals surface area contributed by atoms with Gasteiger partial charge >= 0.3 is 0 Å². The summed E-state index contributed by atoms with van der Waals surface area (Å²) in [5, 5.41) is 1.90. The van der Waals surface area contributed by atoms with Crippen LogP contribution in [0.1, 0.15) is 18.4 Å². The van der Waals surface area contributed by atoms with E-state index in [-0.39, 0.29) is 5.91 Å². The molecule has 1 aliphatic carbocycles. The number of rotatable bonds is 7. The van der Waals surface area contributed by atoms with Gasteiger partial charge in [0.05, 0.1) is 18.9 Å². The topological polar surface area (TPSA) is 53.9 Å². The lowest BCUT2D eigenvalue weighted by Gasteiger charge is -2.27. The summed E-state index contributed by atoms with van der Waals surface area (Å²) >= 11 is 1.51. The van der Waals surface area contributed by atoms with Crippen LogP contribution in [0.4, 0.5) is 0 Å². The Kier molecular flexibility index (Phi) is 7.45. The zero-order chi connectivity index (χ0) is 18.9. The number of aliphatic imine (C=N–C) groups is 1. The van der Waals surface area contributed by atoms with Gasteiger partial charge in [0, 0.05) is 24.4 Å². The van der Waals surface area contributed by atoms with Gasteiger partial charge in [-0.25, -0.2) is 5.01 Å². The van der Waals surface area contributed by atoms with Gasteiger partial charge in [0.1, 0.15) is 4.91 Å². The van der Waals surface area contributed by atoms with E-state index in [1.165, 1.54) is 17.3 Å². The molecule has 142 valence electrons. The van der Waals surface area contributed by atoms with Gasteiger partial charge in [-0.1, -0.05) is 48.6 Å². The number of carbonyl (C=O) groups is 1. The molecule has 5 nitrogen and oxygen atoms in total. The molecule has 2 aliphatic rings. The van der Waals surface area contributed by atoms with Gasteiger partial charge < -0.3 is 4.74 Å². The van der Waals surface area contributed by atoms with Gasteiger partial charge in [0.2, 0.25) is 0 Å². The minimum atomic E-state index is -0.145. The number of morpholine rings is 1. The van der Waals surface area contributed by atoms with E-state index in [1.54, 1.807) is 0 Å². The Hall–Kier alpha value is -2.15. The molecule has 0 atom stereocenters. The molecule has 1 aromatic rings. The van der Waals surface area contributed by atoms with Crippen molar-refractivity contribution in [2.45, 2.75) is 12.8 Å². The van der Waals surface area contributed by atoms with Crippen molar-refractivity contribution in [3.63, 3.8) is 0 Å². The van der Waals surface area contributed by atoms with Gasteiger partial charge in [-0.15, -0.1) is 11.8 Å². The fourth-order valence-corrected chi connectivity index (χ4v) is 3.95. The molecule has 0 aromatic heterocycles. The van der Waals surface area contributed by atoms with Gasteiger partial charge in [0.15, 0.2) is 0 Å². The summed E-state index contributed by atoms with van der Waals surface area (Å²) in [5.41, 5.74) is 5.74. The van der Waals surface area contributed by atoms with Crippen molar-refractivity contribution in [1.29, 1.82) is 0 Å². The van der Waals surface area contributed by atoms with Gasteiger partial charge in [0.25, 0.3) is 5.91 Å². The number of amides is 1. The van der Waals surface area contributed by atoms with Crippen molar-refractivity contribution in [3.05, 3.63) is 64.6 Å². The Morgan fingerprint density at radius 3 is 2.67 bits per heavy atom. The van der Waals surface area contributed by atoms with Crippen LogP contribution in [-0.4, -0.2) is 49.7 Å². The maximum absolute atomic E-state index is 13.1. The maximum Gasteiger partial charge on any atom is 0.274 e. The van der Waals surface area contributed by atoms with E-state index in [1.807, 2.05) is 35.3 Å². The van der Waals surface area contributed by atoms with Crippen LogP contribution in [0.3, 0.4) is 0 Å². The molecule has 1 fully saturated rings. The number of carbonyl (C=O) groups excluding carboxylic acids is 1. The molecule has 1 heterocycles. The molecule has 0 saturated carbocycles. The highest BCUT2D eigenvalue weighted by Crippen LogP contribution is 2.30. The van der Waals surface area contributed by atoms with Crippen LogP contribution in [0, 0.1) is 0 Å². The van der Waals surface area contributed by atoms with Crippen LogP contribution in [0.25, 0.3) is 5.70 Å². The summed E-state index contributed by atoms with van der Waals surface area (Å²) in [6, 6.07) is 9.73. The van der Waals surface area contributed by atoms with E-state index in [0.29, 0.717) is 36.9 Å².